The molecule has 4 rings (SSSR count). The van der Waals surface area contributed by atoms with Crippen molar-refractivity contribution in [3.63, 3.8) is 0 Å². The van der Waals surface area contributed by atoms with E-state index in [9.17, 15) is 4.79 Å². The summed E-state index contributed by atoms with van der Waals surface area (Å²) in [4.78, 5) is 14.2. The van der Waals surface area contributed by atoms with Crippen LogP contribution in [0.15, 0.2) is 60.8 Å². The third-order valence-corrected chi connectivity index (χ3v) is 5.72. The molecule has 27 heavy (non-hydrogen) atoms. The van der Waals surface area contributed by atoms with Gasteiger partial charge in [0.15, 0.2) is 0 Å². The van der Waals surface area contributed by atoms with E-state index in [1.165, 1.54) is 0 Å². The number of aromatic nitrogens is 3. The van der Waals surface area contributed by atoms with E-state index in [1.54, 1.807) is 23.6 Å². The first-order valence-corrected chi connectivity index (χ1v) is 9.76. The molecule has 1 saturated heterocycles. The number of rotatable bonds is 6. The number of carbonyl (C=O) groups excluding carboxylic acids is 1. The number of para-hydroxylation sites is 1. The Hall–Kier alpha value is -2.80. The van der Waals surface area contributed by atoms with Gasteiger partial charge in [-0.2, -0.15) is 0 Å². The molecule has 2 aromatic carbocycles. The highest BCUT2D eigenvalue weighted by molar-refractivity contribution is 8.00. The molecule has 6 nitrogen and oxygen atoms in total. The van der Waals surface area contributed by atoms with Gasteiger partial charge in [-0.3, -0.25) is 4.79 Å². The molecule has 1 atom stereocenters. The van der Waals surface area contributed by atoms with Crippen LogP contribution in [-0.2, 0) is 17.9 Å². The lowest BCUT2D eigenvalue weighted by Crippen LogP contribution is -2.27. The van der Waals surface area contributed by atoms with Crippen LogP contribution in [0.4, 0.5) is 0 Å². The van der Waals surface area contributed by atoms with Crippen LogP contribution in [0.1, 0.15) is 22.2 Å². The van der Waals surface area contributed by atoms with Gasteiger partial charge in [0.2, 0.25) is 5.91 Å². The summed E-state index contributed by atoms with van der Waals surface area (Å²) in [7, 11) is 1.66. The van der Waals surface area contributed by atoms with Crippen LogP contribution in [0, 0.1) is 0 Å². The van der Waals surface area contributed by atoms with Gasteiger partial charge < -0.3 is 9.64 Å². The number of hydrogen-bond acceptors (Lipinski definition) is 5. The van der Waals surface area contributed by atoms with E-state index in [-0.39, 0.29) is 11.3 Å². The normalized spacial score (nSPS) is 16.7. The van der Waals surface area contributed by atoms with Gasteiger partial charge in [-0.25, -0.2) is 4.68 Å². The Labute approximate surface area is 162 Å². The summed E-state index contributed by atoms with van der Waals surface area (Å²) >= 11 is 1.59. The Morgan fingerprint density at radius 1 is 1.11 bits per heavy atom. The Bertz CT molecular complexity index is 928. The zero-order valence-corrected chi connectivity index (χ0v) is 15.8. The summed E-state index contributed by atoms with van der Waals surface area (Å²) in [5, 5.41) is 8.48. The zero-order chi connectivity index (χ0) is 18.6. The topological polar surface area (TPSA) is 60.2 Å². The minimum Gasteiger partial charge on any atom is -0.496 e. The summed E-state index contributed by atoms with van der Waals surface area (Å²) in [6.07, 6.45) is 1.92. The van der Waals surface area contributed by atoms with Gasteiger partial charge in [-0.1, -0.05) is 53.7 Å². The van der Waals surface area contributed by atoms with E-state index in [1.807, 2.05) is 65.7 Å². The first-order valence-electron chi connectivity index (χ1n) is 8.71. The lowest BCUT2D eigenvalue weighted by atomic mass is 10.2. The second kappa shape index (κ2) is 7.84. The minimum atomic E-state index is -0.107. The third kappa shape index (κ3) is 3.83. The van der Waals surface area contributed by atoms with Gasteiger partial charge in [-0.05, 0) is 11.6 Å². The van der Waals surface area contributed by atoms with Crippen molar-refractivity contribution in [2.24, 2.45) is 0 Å². The van der Waals surface area contributed by atoms with Crippen molar-refractivity contribution in [1.82, 2.24) is 19.9 Å². The summed E-state index contributed by atoms with van der Waals surface area (Å²) in [5.74, 6) is 1.43. The highest BCUT2D eigenvalue weighted by Gasteiger charge is 2.34. The average molecular weight is 380 g/mol. The Balaban J connectivity index is 1.52. The molecule has 1 fully saturated rings. The molecule has 138 valence electrons. The minimum absolute atomic E-state index is 0.107. The molecule has 1 aliphatic heterocycles. The van der Waals surface area contributed by atoms with Crippen molar-refractivity contribution in [3.8, 4) is 5.75 Å². The third-order valence-electron chi connectivity index (χ3n) is 4.50. The number of nitrogens with zero attached hydrogens (tertiary/aromatic N) is 4. The van der Waals surface area contributed by atoms with Crippen LogP contribution in [0.2, 0.25) is 0 Å². The zero-order valence-electron chi connectivity index (χ0n) is 15.0. The maximum Gasteiger partial charge on any atom is 0.234 e. The van der Waals surface area contributed by atoms with Crippen molar-refractivity contribution in [2.75, 3.05) is 12.9 Å². The first kappa shape index (κ1) is 17.6. The molecule has 3 aromatic rings. The molecule has 7 heteroatoms. The van der Waals surface area contributed by atoms with Crippen molar-refractivity contribution < 1.29 is 9.53 Å². The highest BCUT2D eigenvalue weighted by Crippen LogP contribution is 2.38. The number of methoxy groups -OCH3 is 1. The second-order valence-electron chi connectivity index (χ2n) is 6.32. The molecule has 0 saturated carbocycles. The van der Waals surface area contributed by atoms with Gasteiger partial charge in [0, 0.05) is 12.1 Å². The van der Waals surface area contributed by atoms with E-state index in [0.29, 0.717) is 18.8 Å². The lowest BCUT2D eigenvalue weighted by molar-refractivity contribution is -0.128. The first-order chi connectivity index (χ1) is 13.2. The van der Waals surface area contributed by atoms with Crippen molar-refractivity contribution in [1.29, 1.82) is 0 Å². The van der Waals surface area contributed by atoms with Crippen molar-refractivity contribution in [2.45, 2.75) is 18.5 Å². The van der Waals surface area contributed by atoms with Crippen LogP contribution in [-0.4, -0.2) is 38.7 Å². The second-order valence-corrected chi connectivity index (χ2v) is 7.39. The average Bonchev–Trinajstić information content (AvgIpc) is 3.30. The molecule has 0 N–H and O–H groups in total. The van der Waals surface area contributed by atoms with Crippen LogP contribution >= 0.6 is 11.8 Å². The van der Waals surface area contributed by atoms with Crippen LogP contribution in [0.25, 0.3) is 0 Å². The maximum atomic E-state index is 12.4. The quantitative estimate of drug-likeness (QED) is 0.658. The standard InChI is InChI=1S/C20H20N4O2S/c1-26-18-10-6-5-9-16(18)12-23-13-17(21-22-23)20-24(19(25)14-27-20)11-15-7-3-2-4-8-15/h2-10,13,20H,11-12,14H2,1H3/t20-/m0/s1. The van der Waals surface area contributed by atoms with E-state index < -0.39 is 0 Å². The maximum absolute atomic E-state index is 12.4. The van der Waals surface area contributed by atoms with Crippen molar-refractivity contribution >= 4 is 17.7 Å². The molecule has 1 aliphatic rings. The molecular weight excluding hydrogens is 360 g/mol. The lowest BCUT2D eigenvalue weighted by Gasteiger charge is -2.22. The van der Waals surface area contributed by atoms with Crippen LogP contribution < -0.4 is 4.74 Å². The monoisotopic (exact) mass is 380 g/mol. The van der Waals surface area contributed by atoms with E-state index in [4.69, 9.17) is 4.74 Å². The van der Waals surface area contributed by atoms with Gasteiger partial charge in [0.05, 0.1) is 25.6 Å². The molecule has 0 aliphatic carbocycles. The van der Waals surface area contributed by atoms with Gasteiger partial charge >= 0.3 is 0 Å². The summed E-state index contributed by atoms with van der Waals surface area (Å²) in [5.41, 5.74) is 2.95. The smallest absolute Gasteiger partial charge is 0.234 e. The number of ether oxygens (including phenoxy) is 1. The Morgan fingerprint density at radius 3 is 2.70 bits per heavy atom. The molecule has 0 bridgehead atoms. The fourth-order valence-corrected chi connectivity index (χ4v) is 4.28. The molecule has 1 amide bonds. The summed E-state index contributed by atoms with van der Waals surface area (Å²) in [6.45, 7) is 1.15. The Morgan fingerprint density at radius 2 is 1.89 bits per heavy atom. The number of carbonyl (C=O) groups is 1. The number of hydrogen-bond donors (Lipinski definition) is 0. The van der Waals surface area contributed by atoms with E-state index >= 15 is 0 Å². The Kier molecular flexibility index (Phi) is 5.11. The van der Waals surface area contributed by atoms with Gasteiger partial charge in [-0.15, -0.1) is 16.9 Å². The van der Waals surface area contributed by atoms with E-state index in [0.717, 1.165) is 22.6 Å². The molecule has 2 heterocycles. The van der Waals surface area contributed by atoms with Crippen molar-refractivity contribution in [3.05, 3.63) is 77.6 Å². The SMILES string of the molecule is COc1ccccc1Cn1cc([C@@H]2SCC(=O)N2Cc2ccccc2)nn1. The molecule has 0 spiro atoms. The molecule has 1 aromatic heterocycles. The summed E-state index contributed by atoms with van der Waals surface area (Å²) < 4.78 is 7.19. The van der Waals surface area contributed by atoms with E-state index in [2.05, 4.69) is 10.3 Å². The van der Waals surface area contributed by atoms with Gasteiger partial charge in [0.1, 0.15) is 16.8 Å². The predicted molar refractivity (Wildman–Crippen MR) is 104 cm³/mol. The van der Waals surface area contributed by atoms with Gasteiger partial charge in [0.25, 0.3) is 0 Å². The molecule has 0 unspecified atom stereocenters. The fraction of sp³-hybridized carbons (Fsp3) is 0.250. The molecule has 0 radical (unpaired) electrons. The summed E-state index contributed by atoms with van der Waals surface area (Å²) in [6, 6.07) is 17.9. The largest absolute Gasteiger partial charge is 0.496 e. The van der Waals surface area contributed by atoms with Crippen LogP contribution in [0.5, 0.6) is 5.75 Å². The predicted octanol–water partition coefficient (Wildman–Crippen LogP) is 3.11. The number of amides is 1. The fourth-order valence-electron chi connectivity index (χ4n) is 3.16. The number of thioether (sulfide) groups is 1. The number of benzene rings is 2. The highest BCUT2D eigenvalue weighted by atomic mass is 32.2. The van der Waals surface area contributed by atoms with Crippen LogP contribution in [0.3, 0.4) is 0 Å². The molecular formula is C20H20N4O2S.